The van der Waals surface area contributed by atoms with Gasteiger partial charge in [-0.1, -0.05) is 13.3 Å². The summed E-state index contributed by atoms with van der Waals surface area (Å²) in [6.45, 7) is 4.12. The molecule has 6 heteroatoms. The first kappa shape index (κ1) is 16.2. The van der Waals surface area contributed by atoms with Crippen LogP contribution in [0.1, 0.15) is 55.8 Å². The summed E-state index contributed by atoms with van der Waals surface area (Å²) in [6.07, 6.45) is 6.03. The minimum Gasteiger partial charge on any atom is -0.354 e. The lowest BCUT2D eigenvalue weighted by atomic mass is 10.2. The number of H-pyrrole nitrogens is 1. The summed E-state index contributed by atoms with van der Waals surface area (Å²) in [4.78, 5) is 33.8. The van der Waals surface area contributed by atoms with Crippen LogP contribution in [0.25, 0.3) is 10.2 Å². The van der Waals surface area contributed by atoms with Gasteiger partial charge in [0.05, 0.1) is 5.39 Å². The van der Waals surface area contributed by atoms with Crippen molar-refractivity contribution in [3.05, 3.63) is 26.6 Å². The average molecular weight is 333 g/mol. The van der Waals surface area contributed by atoms with Gasteiger partial charge in [0.1, 0.15) is 10.7 Å². The Balaban J connectivity index is 1.70. The van der Waals surface area contributed by atoms with Crippen molar-refractivity contribution in [3.63, 3.8) is 0 Å². The predicted molar refractivity (Wildman–Crippen MR) is 93.1 cm³/mol. The Morgan fingerprint density at radius 3 is 3.04 bits per heavy atom. The molecule has 0 fully saturated rings. The van der Waals surface area contributed by atoms with Crippen molar-refractivity contribution >= 4 is 27.5 Å². The molecule has 2 aromatic heterocycles. The van der Waals surface area contributed by atoms with Crippen molar-refractivity contribution in [2.75, 3.05) is 0 Å². The molecule has 3 rings (SSSR count). The fourth-order valence-electron chi connectivity index (χ4n) is 3.25. The van der Waals surface area contributed by atoms with Crippen molar-refractivity contribution in [3.8, 4) is 0 Å². The van der Waals surface area contributed by atoms with Gasteiger partial charge >= 0.3 is 0 Å². The molecule has 124 valence electrons. The fourth-order valence-corrected chi connectivity index (χ4v) is 4.53. The number of aromatic nitrogens is 2. The number of nitrogens with one attached hydrogen (secondary N) is 2. The number of aryl methyl sites for hydroxylation is 3. The van der Waals surface area contributed by atoms with Crippen molar-refractivity contribution in [2.45, 2.75) is 64.8 Å². The third-order valence-electron chi connectivity index (χ3n) is 4.34. The second kappa shape index (κ2) is 6.83. The number of thiophene rings is 1. The first-order chi connectivity index (χ1) is 11.1. The molecule has 1 amide bonds. The Kier molecular flexibility index (Phi) is 4.80. The summed E-state index contributed by atoms with van der Waals surface area (Å²) in [6, 6.07) is 0.197. The quantitative estimate of drug-likeness (QED) is 0.853. The van der Waals surface area contributed by atoms with Crippen LogP contribution in [0, 0.1) is 0 Å². The maximum Gasteiger partial charge on any atom is 0.259 e. The minimum absolute atomic E-state index is 0.0161. The number of hydrogen-bond acceptors (Lipinski definition) is 4. The zero-order valence-corrected chi connectivity index (χ0v) is 14.5. The van der Waals surface area contributed by atoms with Gasteiger partial charge in [-0.15, -0.1) is 11.3 Å². The summed E-state index contributed by atoms with van der Waals surface area (Å²) in [7, 11) is 0. The van der Waals surface area contributed by atoms with Crippen LogP contribution < -0.4 is 10.9 Å². The lowest BCUT2D eigenvalue weighted by Gasteiger charge is -2.12. The van der Waals surface area contributed by atoms with Crippen LogP contribution in [-0.2, 0) is 24.1 Å². The number of carbonyl (C=O) groups is 1. The average Bonchev–Trinajstić information content (AvgIpc) is 3.05. The second-order valence-corrected chi connectivity index (χ2v) is 7.39. The van der Waals surface area contributed by atoms with E-state index in [1.165, 1.54) is 10.4 Å². The summed E-state index contributed by atoms with van der Waals surface area (Å²) in [5, 5.41) is 3.75. The standard InChI is InChI=1S/C17H23N3O2S/c1-3-5-10(2)18-14(21)9-8-13-19-16(22)15-11-6-4-7-12(11)23-17(15)20-13/h10H,3-9H2,1-2H3,(H,18,21)(H,19,20,22)/t10-/m0/s1. The molecule has 2 aromatic rings. The van der Waals surface area contributed by atoms with Gasteiger partial charge in [0.2, 0.25) is 5.91 Å². The van der Waals surface area contributed by atoms with Crippen LogP contribution in [0.3, 0.4) is 0 Å². The van der Waals surface area contributed by atoms with Crippen LogP contribution in [0.4, 0.5) is 0 Å². The molecule has 0 bridgehead atoms. The molecule has 0 saturated carbocycles. The van der Waals surface area contributed by atoms with Gasteiger partial charge in [-0.05, 0) is 38.2 Å². The van der Waals surface area contributed by atoms with Crippen LogP contribution >= 0.6 is 11.3 Å². The monoisotopic (exact) mass is 333 g/mol. The Morgan fingerprint density at radius 1 is 1.43 bits per heavy atom. The van der Waals surface area contributed by atoms with E-state index in [0.29, 0.717) is 18.7 Å². The van der Waals surface area contributed by atoms with E-state index in [-0.39, 0.29) is 17.5 Å². The molecular weight excluding hydrogens is 310 g/mol. The van der Waals surface area contributed by atoms with Gasteiger partial charge < -0.3 is 10.3 Å². The number of hydrogen-bond donors (Lipinski definition) is 2. The zero-order chi connectivity index (χ0) is 16.4. The van der Waals surface area contributed by atoms with Crippen LogP contribution in [-0.4, -0.2) is 21.9 Å². The van der Waals surface area contributed by atoms with Gasteiger partial charge in [-0.2, -0.15) is 0 Å². The first-order valence-corrected chi connectivity index (χ1v) is 9.23. The van der Waals surface area contributed by atoms with E-state index >= 15 is 0 Å². The molecule has 1 aliphatic carbocycles. The van der Waals surface area contributed by atoms with Gasteiger partial charge in [0.25, 0.3) is 5.56 Å². The minimum atomic E-state index is -0.0517. The Labute approximate surface area is 139 Å². The van der Waals surface area contributed by atoms with Crippen LogP contribution in [0.15, 0.2) is 4.79 Å². The third-order valence-corrected chi connectivity index (χ3v) is 5.53. The molecule has 1 atom stereocenters. The largest absolute Gasteiger partial charge is 0.354 e. The molecule has 2 N–H and O–H groups in total. The molecular formula is C17H23N3O2S. The molecule has 0 radical (unpaired) electrons. The van der Waals surface area contributed by atoms with Gasteiger partial charge in [-0.25, -0.2) is 4.98 Å². The van der Waals surface area contributed by atoms with Gasteiger partial charge in [0, 0.05) is 23.8 Å². The molecule has 2 heterocycles. The summed E-state index contributed by atoms with van der Waals surface area (Å²) < 4.78 is 0. The van der Waals surface area contributed by atoms with E-state index in [2.05, 4.69) is 22.2 Å². The lowest BCUT2D eigenvalue weighted by Crippen LogP contribution is -2.32. The molecule has 23 heavy (non-hydrogen) atoms. The molecule has 0 aliphatic heterocycles. The summed E-state index contributed by atoms with van der Waals surface area (Å²) in [5.74, 6) is 0.628. The highest BCUT2D eigenvalue weighted by atomic mass is 32.1. The SMILES string of the molecule is CCC[C@H](C)NC(=O)CCc1nc2sc3c(c2c(=O)[nH]1)CCC3. The number of fused-ring (bicyclic) bond motifs is 3. The highest BCUT2D eigenvalue weighted by Crippen LogP contribution is 2.34. The molecule has 5 nitrogen and oxygen atoms in total. The molecule has 0 saturated heterocycles. The van der Waals surface area contributed by atoms with E-state index < -0.39 is 0 Å². The second-order valence-electron chi connectivity index (χ2n) is 6.31. The third kappa shape index (κ3) is 3.47. The van der Waals surface area contributed by atoms with Crippen molar-refractivity contribution < 1.29 is 4.79 Å². The Morgan fingerprint density at radius 2 is 2.26 bits per heavy atom. The maximum absolute atomic E-state index is 12.3. The normalized spacial score (nSPS) is 14.9. The van der Waals surface area contributed by atoms with Gasteiger partial charge in [-0.3, -0.25) is 9.59 Å². The Hall–Kier alpha value is -1.69. The molecule has 0 aromatic carbocycles. The van der Waals surface area contributed by atoms with E-state index in [1.807, 2.05) is 6.92 Å². The van der Waals surface area contributed by atoms with E-state index in [0.717, 1.165) is 42.3 Å². The molecule has 0 unspecified atom stereocenters. The number of amides is 1. The first-order valence-electron chi connectivity index (χ1n) is 8.41. The van der Waals surface area contributed by atoms with Crippen molar-refractivity contribution in [2.24, 2.45) is 0 Å². The lowest BCUT2D eigenvalue weighted by molar-refractivity contribution is -0.121. The van der Waals surface area contributed by atoms with Crippen molar-refractivity contribution in [1.82, 2.24) is 15.3 Å². The molecule has 1 aliphatic rings. The Bertz CT molecular complexity index is 778. The van der Waals surface area contributed by atoms with E-state index in [9.17, 15) is 9.59 Å². The number of nitrogens with zero attached hydrogens (tertiary/aromatic N) is 1. The highest BCUT2D eigenvalue weighted by molar-refractivity contribution is 7.18. The number of aromatic amines is 1. The van der Waals surface area contributed by atoms with Crippen LogP contribution in [0.2, 0.25) is 0 Å². The van der Waals surface area contributed by atoms with E-state index in [4.69, 9.17) is 0 Å². The smallest absolute Gasteiger partial charge is 0.259 e. The van der Waals surface area contributed by atoms with Crippen molar-refractivity contribution in [1.29, 1.82) is 0 Å². The summed E-state index contributed by atoms with van der Waals surface area (Å²) >= 11 is 1.63. The topological polar surface area (TPSA) is 74.8 Å². The zero-order valence-electron chi connectivity index (χ0n) is 13.7. The fraction of sp³-hybridized carbons (Fsp3) is 0.588. The van der Waals surface area contributed by atoms with E-state index in [1.54, 1.807) is 11.3 Å². The maximum atomic E-state index is 12.3. The summed E-state index contributed by atoms with van der Waals surface area (Å²) in [5.41, 5.74) is 1.14. The highest BCUT2D eigenvalue weighted by Gasteiger charge is 2.21. The van der Waals surface area contributed by atoms with Gasteiger partial charge in [0.15, 0.2) is 0 Å². The number of rotatable bonds is 6. The van der Waals surface area contributed by atoms with Crippen LogP contribution in [0.5, 0.6) is 0 Å². The predicted octanol–water partition coefficient (Wildman–Crippen LogP) is 2.71. The number of carbonyl (C=O) groups excluding carboxylic acids is 1. The molecule has 0 spiro atoms.